The second-order valence-electron chi connectivity index (χ2n) is 5.48. The monoisotopic (exact) mass is 334 g/mol. The minimum Gasteiger partial charge on any atom is -0.508 e. The van der Waals surface area contributed by atoms with Gasteiger partial charge in [-0.15, -0.1) is 4.73 Å². The standard InChI is InChI=1S/C17H22N2O5/c1-5-10(2)13-17(22)19(24-4)14(16(18-13)23-3)15(21)11-6-8-12(20)9-7-11/h6-10,15,20-21H,5H2,1-4H3. The third kappa shape index (κ3) is 3.21. The Morgan fingerprint density at radius 2 is 1.88 bits per heavy atom. The van der Waals surface area contributed by atoms with Gasteiger partial charge in [0.15, 0.2) is 5.69 Å². The van der Waals surface area contributed by atoms with E-state index in [1.165, 1.54) is 26.4 Å². The smallest absolute Gasteiger partial charge is 0.305 e. The van der Waals surface area contributed by atoms with Gasteiger partial charge in [-0.1, -0.05) is 26.0 Å². The van der Waals surface area contributed by atoms with Gasteiger partial charge < -0.3 is 19.8 Å². The third-order valence-corrected chi connectivity index (χ3v) is 3.99. The van der Waals surface area contributed by atoms with Crippen molar-refractivity contribution in [1.82, 2.24) is 9.71 Å². The lowest BCUT2D eigenvalue weighted by molar-refractivity contribution is 0.108. The van der Waals surface area contributed by atoms with Crippen molar-refractivity contribution in [2.45, 2.75) is 32.3 Å². The van der Waals surface area contributed by atoms with E-state index in [1.807, 2.05) is 13.8 Å². The zero-order chi connectivity index (χ0) is 17.9. The number of rotatable bonds is 6. The minimum atomic E-state index is -1.20. The number of hydrogen-bond donors (Lipinski definition) is 2. The second-order valence-corrected chi connectivity index (χ2v) is 5.48. The molecule has 0 aliphatic heterocycles. The van der Waals surface area contributed by atoms with Crippen LogP contribution < -0.4 is 15.1 Å². The highest BCUT2D eigenvalue weighted by Crippen LogP contribution is 2.29. The van der Waals surface area contributed by atoms with E-state index < -0.39 is 11.7 Å². The maximum absolute atomic E-state index is 12.6. The quantitative estimate of drug-likeness (QED) is 0.833. The van der Waals surface area contributed by atoms with Crippen molar-refractivity contribution < 1.29 is 19.8 Å². The molecule has 1 aromatic heterocycles. The van der Waals surface area contributed by atoms with E-state index in [2.05, 4.69) is 4.98 Å². The largest absolute Gasteiger partial charge is 0.508 e. The zero-order valence-electron chi connectivity index (χ0n) is 14.2. The molecule has 7 heteroatoms. The third-order valence-electron chi connectivity index (χ3n) is 3.99. The molecule has 2 N–H and O–H groups in total. The molecule has 1 heterocycles. The molecule has 2 unspecified atom stereocenters. The van der Waals surface area contributed by atoms with Crippen molar-refractivity contribution in [2.24, 2.45) is 0 Å². The van der Waals surface area contributed by atoms with E-state index in [0.29, 0.717) is 11.3 Å². The Labute approximate surface area is 140 Å². The lowest BCUT2D eigenvalue weighted by Gasteiger charge is -2.21. The number of aliphatic hydroxyl groups is 1. The Balaban J connectivity index is 2.66. The normalized spacial score (nSPS) is 13.4. The van der Waals surface area contributed by atoms with Crippen LogP contribution in [0.25, 0.3) is 0 Å². The number of ether oxygens (including phenoxy) is 1. The molecule has 0 aliphatic carbocycles. The number of methoxy groups -OCH3 is 1. The summed E-state index contributed by atoms with van der Waals surface area (Å²) in [5.41, 5.74) is 0.454. The number of aliphatic hydroxyl groups excluding tert-OH is 1. The summed E-state index contributed by atoms with van der Waals surface area (Å²) in [6.45, 7) is 3.84. The van der Waals surface area contributed by atoms with Crippen molar-refractivity contribution in [2.75, 3.05) is 14.2 Å². The van der Waals surface area contributed by atoms with Gasteiger partial charge in [0.2, 0.25) is 5.88 Å². The molecule has 0 radical (unpaired) electrons. The van der Waals surface area contributed by atoms with Gasteiger partial charge in [0, 0.05) is 5.92 Å². The average molecular weight is 334 g/mol. The van der Waals surface area contributed by atoms with Crippen LogP contribution >= 0.6 is 0 Å². The first-order valence-corrected chi connectivity index (χ1v) is 7.66. The molecule has 0 bridgehead atoms. The molecule has 1 aromatic carbocycles. The first kappa shape index (κ1) is 17.8. The molecule has 0 saturated carbocycles. The molecule has 2 rings (SSSR count). The number of phenolic OH excluding ortho intramolecular Hbond substituents is 1. The van der Waals surface area contributed by atoms with E-state index in [9.17, 15) is 15.0 Å². The fraction of sp³-hybridized carbons (Fsp3) is 0.412. The van der Waals surface area contributed by atoms with Gasteiger partial charge in [-0.25, -0.2) is 4.98 Å². The highest BCUT2D eigenvalue weighted by Gasteiger charge is 2.27. The number of nitrogens with zero attached hydrogens (tertiary/aromatic N) is 2. The van der Waals surface area contributed by atoms with Crippen LogP contribution in [0.15, 0.2) is 29.1 Å². The van der Waals surface area contributed by atoms with Gasteiger partial charge in [-0.05, 0) is 24.1 Å². The van der Waals surface area contributed by atoms with Crippen molar-refractivity contribution in [3.05, 3.63) is 51.6 Å². The van der Waals surface area contributed by atoms with Gasteiger partial charge in [-0.3, -0.25) is 4.79 Å². The van der Waals surface area contributed by atoms with Gasteiger partial charge in [0.05, 0.1) is 7.11 Å². The van der Waals surface area contributed by atoms with Crippen LogP contribution in [0.4, 0.5) is 0 Å². The number of hydrogen-bond acceptors (Lipinski definition) is 6. The fourth-order valence-corrected chi connectivity index (χ4v) is 2.40. The maximum Gasteiger partial charge on any atom is 0.305 e. The van der Waals surface area contributed by atoms with Crippen LogP contribution in [-0.2, 0) is 0 Å². The molecule has 2 aromatic rings. The van der Waals surface area contributed by atoms with E-state index in [4.69, 9.17) is 9.57 Å². The number of aromatic hydroxyl groups is 1. The van der Waals surface area contributed by atoms with E-state index in [1.54, 1.807) is 12.1 Å². The lowest BCUT2D eigenvalue weighted by Crippen LogP contribution is -2.34. The first-order chi connectivity index (χ1) is 11.4. The van der Waals surface area contributed by atoms with E-state index >= 15 is 0 Å². The molecule has 0 spiro atoms. The Kier molecular flexibility index (Phi) is 5.46. The van der Waals surface area contributed by atoms with Crippen LogP contribution in [0.1, 0.15) is 49.2 Å². The SMILES string of the molecule is CCC(C)c1nc(OC)c(C(O)c2ccc(O)cc2)n(OC)c1=O. The number of phenols is 1. The summed E-state index contributed by atoms with van der Waals surface area (Å²) in [4.78, 5) is 22.1. The molecule has 0 saturated heterocycles. The zero-order valence-corrected chi connectivity index (χ0v) is 14.2. The molecule has 130 valence electrons. The Bertz CT molecular complexity index is 755. The summed E-state index contributed by atoms with van der Waals surface area (Å²) >= 11 is 0. The van der Waals surface area contributed by atoms with Gasteiger partial charge in [0.1, 0.15) is 24.7 Å². The van der Waals surface area contributed by atoms with E-state index in [0.717, 1.165) is 11.2 Å². The van der Waals surface area contributed by atoms with Gasteiger partial charge >= 0.3 is 5.56 Å². The van der Waals surface area contributed by atoms with Crippen molar-refractivity contribution in [3.8, 4) is 11.6 Å². The first-order valence-electron chi connectivity index (χ1n) is 7.66. The summed E-state index contributed by atoms with van der Waals surface area (Å²) < 4.78 is 6.29. The highest BCUT2D eigenvalue weighted by atomic mass is 16.7. The summed E-state index contributed by atoms with van der Waals surface area (Å²) in [6.07, 6.45) is -0.471. The van der Waals surface area contributed by atoms with Crippen molar-refractivity contribution >= 4 is 0 Å². The molecular weight excluding hydrogens is 312 g/mol. The average Bonchev–Trinajstić information content (AvgIpc) is 2.60. The van der Waals surface area contributed by atoms with Crippen LogP contribution in [0.5, 0.6) is 11.6 Å². The second kappa shape index (κ2) is 7.35. The van der Waals surface area contributed by atoms with Crippen molar-refractivity contribution in [1.29, 1.82) is 0 Å². The van der Waals surface area contributed by atoms with Crippen LogP contribution in [0.3, 0.4) is 0 Å². The Hall–Kier alpha value is -2.54. The Morgan fingerprint density at radius 3 is 2.38 bits per heavy atom. The molecular formula is C17H22N2O5. The molecule has 2 atom stereocenters. The minimum absolute atomic E-state index is 0.0762. The maximum atomic E-state index is 12.6. The lowest BCUT2D eigenvalue weighted by atomic mass is 10.0. The molecule has 0 aliphatic rings. The van der Waals surface area contributed by atoms with Gasteiger partial charge in [-0.2, -0.15) is 0 Å². The Morgan fingerprint density at radius 1 is 1.25 bits per heavy atom. The number of aromatic nitrogens is 2. The molecule has 0 amide bonds. The van der Waals surface area contributed by atoms with Crippen LogP contribution in [-0.4, -0.2) is 34.1 Å². The van der Waals surface area contributed by atoms with E-state index in [-0.39, 0.29) is 23.2 Å². The molecule has 7 nitrogen and oxygen atoms in total. The fourth-order valence-electron chi connectivity index (χ4n) is 2.40. The van der Waals surface area contributed by atoms with Crippen molar-refractivity contribution in [3.63, 3.8) is 0 Å². The summed E-state index contributed by atoms with van der Waals surface area (Å²) in [6, 6.07) is 5.99. The predicted molar refractivity (Wildman–Crippen MR) is 88.4 cm³/mol. The number of benzene rings is 1. The summed E-state index contributed by atoms with van der Waals surface area (Å²) in [5, 5.41) is 20.1. The van der Waals surface area contributed by atoms with Gasteiger partial charge in [0.25, 0.3) is 0 Å². The van der Waals surface area contributed by atoms with Crippen LogP contribution in [0, 0.1) is 0 Å². The predicted octanol–water partition coefficient (Wildman–Crippen LogP) is 1.61. The highest BCUT2D eigenvalue weighted by molar-refractivity contribution is 5.35. The topological polar surface area (TPSA) is 93.8 Å². The summed E-state index contributed by atoms with van der Waals surface area (Å²) in [7, 11) is 2.76. The van der Waals surface area contributed by atoms with Crippen LogP contribution in [0.2, 0.25) is 0 Å². The summed E-state index contributed by atoms with van der Waals surface area (Å²) in [5.74, 6) is 0.118. The molecule has 0 fully saturated rings. The molecule has 24 heavy (non-hydrogen) atoms.